The maximum Gasteiger partial charge on any atom is 0.337 e. The van der Waals surface area contributed by atoms with E-state index in [1.807, 2.05) is 0 Å². The van der Waals surface area contributed by atoms with Gasteiger partial charge in [0, 0.05) is 0 Å². The molecule has 1 heterocycles. The second kappa shape index (κ2) is 7.86. The number of carbonyl (C=O) groups excluding carboxylic acids is 3. The number of aliphatic hydroxyl groups excluding tert-OH is 1. The van der Waals surface area contributed by atoms with Crippen LogP contribution in [0.5, 0.6) is 5.75 Å². The Labute approximate surface area is 151 Å². The van der Waals surface area contributed by atoms with E-state index in [1.54, 1.807) is 24.3 Å². The van der Waals surface area contributed by atoms with Crippen LogP contribution in [-0.2, 0) is 14.3 Å². The van der Waals surface area contributed by atoms with Gasteiger partial charge in [-0.05, 0) is 37.1 Å². The fourth-order valence-electron chi connectivity index (χ4n) is 3.67. The number of nitrogens with zero attached hydrogens (tertiary/aromatic N) is 1. The first kappa shape index (κ1) is 18.4. The molecular weight excluding hydrogens is 338 g/mol. The van der Waals surface area contributed by atoms with Crippen LogP contribution in [-0.4, -0.2) is 54.2 Å². The van der Waals surface area contributed by atoms with Crippen molar-refractivity contribution in [2.75, 3.05) is 20.3 Å². The van der Waals surface area contributed by atoms with Crippen molar-refractivity contribution in [3.63, 3.8) is 0 Å². The van der Waals surface area contributed by atoms with Gasteiger partial charge < -0.3 is 14.6 Å². The van der Waals surface area contributed by atoms with Crippen LogP contribution in [0.3, 0.4) is 0 Å². The summed E-state index contributed by atoms with van der Waals surface area (Å²) in [5, 5.41) is 10.2. The molecule has 1 saturated heterocycles. The summed E-state index contributed by atoms with van der Waals surface area (Å²) in [6.07, 6.45) is 2.49. The number of imide groups is 1. The number of methoxy groups -OCH3 is 1. The molecule has 140 valence electrons. The zero-order valence-corrected chi connectivity index (χ0v) is 14.7. The maximum absolute atomic E-state index is 12.4. The van der Waals surface area contributed by atoms with E-state index < -0.39 is 12.1 Å². The average molecular weight is 361 g/mol. The summed E-state index contributed by atoms with van der Waals surface area (Å²) in [6.45, 7) is -0.102. The predicted octanol–water partition coefficient (Wildman–Crippen LogP) is 1.39. The monoisotopic (exact) mass is 361 g/mol. The highest BCUT2D eigenvalue weighted by Gasteiger charge is 2.48. The lowest BCUT2D eigenvalue weighted by Gasteiger charge is -2.19. The van der Waals surface area contributed by atoms with Crippen molar-refractivity contribution in [3.8, 4) is 5.75 Å². The van der Waals surface area contributed by atoms with Gasteiger partial charge in [-0.2, -0.15) is 0 Å². The van der Waals surface area contributed by atoms with Crippen molar-refractivity contribution in [1.82, 2.24) is 4.90 Å². The van der Waals surface area contributed by atoms with Gasteiger partial charge in [-0.3, -0.25) is 14.5 Å². The van der Waals surface area contributed by atoms with E-state index in [1.165, 1.54) is 12.0 Å². The lowest BCUT2D eigenvalue weighted by molar-refractivity contribution is -0.141. The van der Waals surface area contributed by atoms with Crippen molar-refractivity contribution < 1.29 is 29.0 Å². The first-order valence-electron chi connectivity index (χ1n) is 8.85. The minimum absolute atomic E-state index is 0.0507. The molecule has 0 aromatic heterocycles. The molecule has 3 rings (SSSR count). The molecule has 1 aliphatic heterocycles. The Morgan fingerprint density at radius 3 is 2.27 bits per heavy atom. The number of esters is 1. The maximum atomic E-state index is 12.4. The second-order valence-electron chi connectivity index (χ2n) is 6.77. The van der Waals surface area contributed by atoms with Crippen molar-refractivity contribution in [3.05, 3.63) is 29.8 Å². The van der Waals surface area contributed by atoms with Crippen LogP contribution in [0.2, 0.25) is 0 Å². The van der Waals surface area contributed by atoms with E-state index in [4.69, 9.17) is 4.74 Å². The van der Waals surface area contributed by atoms with Crippen molar-refractivity contribution in [1.29, 1.82) is 0 Å². The van der Waals surface area contributed by atoms with Gasteiger partial charge in [-0.25, -0.2) is 4.79 Å². The SMILES string of the molecule is COC(=O)c1ccc(OC[C@@H](O)CN2C(=O)[C@H]3CCCC[C@H]3C2=O)cc1. The van der Waals surface area contributed by atoms with E-state index in [9.17, 15) is 19.5 Å². The molecule has 1 saturated carbocycles. The van der Waals surface area contributed by atoms with Crippen LogP contribution in [0.25, 0.3) is 0 Å². The number of rotatable bonds is 6. The van der Waals surface area contributed by atoms with Gasteiger partial charge in [0.25, 0.3) is 0 Å². The van der Waals surface area contributed by atoms with Gasteiger partial charge in [-0.15, -0.1) is 0 Å². The Morgan fingerprint density at radius 1 is 1.15 bits per heavy atom. The van der Waals surface area contributed by atoms with Crippen LogP contribution < -0.4 is 4.74 Å². The van der Waals surface area contributed by atoms with Crippen molar-refractivity contribution in [2.24, 2.45) is 11.8 Å². The molecule has 0 bridgehead atoms. The molecule has 0 spiro atoms. The minimum atomic E-state index is -0.969. The summed E-state index contributed by atoms with van der Waals surface area (Å²) < 4.78 is 10.1. The quantitative estimate of drug-likeness (QED) is 0.608. The molecule has 1 aliphatic carbocycles. The molecule has 7 nitrogen and oxygen atoms in total. The Balaban J connectivity index is 1.52. The number of aliphatic hydroxyl groups is 1. The molecule has 1 N–H and O–H groups in total. The second-order valence-corrected chi connectivity index (χ2v) is 6.77. The summed E-state index contributed by atoms with van der Waals surface area (Å²) >= 11 is 0. The van der Waals surface area contributed by atoms with E-state index in [2.05, 4.69) is 4.74 Å². The number of carbonyl (C=O) groups is 3. The smallest absolute Gasteiger partial charge is 0.337 e. The Kier molecular flexibility index (Phi) is 5.56. The zero-order chi connectivity index (χ0) is 18.7. The molecule has 3 atom stereocenters. The Morgan fingerprint density at radius 2 is 1.73 bits per heavy atom. The molecule has 2 fully saturated rings. The van der Waals surface area contributed by atoms with Gasteiger partial charge in [0.05, 0.1) is 31.1 Å². The third kappa shape index (κ3) is 3.72. The fraction of sp³-hybridized carbons (Fsp3) is 0.526. The molecule has 0 unspecified atom stereocenters. The number of β-amino-alcohol motifs (C(OH)–C–C–N with tert-alkyl or cyclic N) is 1. The standard InChI is InChI=1S/C19H23NO6/c1-25-19(24)12-6-8-14(9-7-12)26-11-13(21)10-20-17(22)15-4-2-3-5-16(15)18(20)23/h6-9,13,15-16,21H,2-5,10-11H2,1H3/t13-,15-,16+/m0/s1. The zero-order valence-electron chi connectivity index (χ0n) is 14.7. The topological polar surface area (TPSA) is 93.1 Å². The van der Waals surface area contributed by atoms with E-state index in [0.717, 1.165) is 25.7 Å². The molecule has 7 heteroatoms. The van der Waals surface area contributed by atoms with Gasteiger partial charge in [0.2, 0.25) is 11.8 Å². The van der Waals surface area contributed by atoms with Crippen LogP contribution in [0.4, 0.5) is 0 Å². The Hall–Kier alpha value is -2.41. The minimum Gasteiger partial charge on any atom is -0.491 e. The van der Waals surface area contributed by atoms with E-state index >= 15 is 0 Å². The van der Waals surface area contributed by atoms with E-state index in [-0.39, 0.29) is 36.8 Å². The third-order valence-corrected chi connectivity index (χ3v) is 5.04. The highest BCUT2D eigenvalue weighted by molar-refractivity contribution is 6.05. The van der Waals surface area contributed by atoms with Gasteiger partial charge in [-0.1, -0.05) is 12.8 Å². The fourth-order valence-corrected chi connectivity index (χ4v) is 3.67. The highest BCUT2D eigenvalue weighted by atomic mass is 16.5. The van der Waals surface area contributed by atoms with Gasteiger partial charge >= 0.3 is 5.97 Å². The first-order valence-corrected chi connectivity index (χ1v) is 8.85. The highest BCUT2D eigenvalue weighted by Crippen LogP contribution is 2.37. The van der Waals surface area contributed by atoms with Gasteiger partial charge in [0.1, 0.15) is 18.5 Å². The van der Waals surface area contributed by atoms with Crippen LogP contribution in [0.15, 0.2) is 24.3 Å². The summed E-state index contributed by atoms with van der Waals surface area (Å²) in [6, 6.07) is 6.32. The molecule has 2 amide bonds. The van der Waals surface area contributed by atoms with E-state index in [0.29, 0.717) is 11.3 Å². The predicted molar refractivity (Wildman–Crippen MR) is 91.5 cm³/mol. The van der Waals surface area contributed by atoms with Crippen LogP contribution in [0, 0.1) is 11.8 Å². The average Bonchev–Trinajstić information content (AvgIpc) is 2.91. The number of ether oxygens (including phenoxy) is 2. The number of likely N-dealkylation sites (tertiary alicyclic amines) is 1. The summed E-state index contributed by atoms with van der Waals surface area (Å²) in [7, 11) is 1.31. The molecular formula is C19H23NO6. The first-order chi connectivity index (χ1) is 12.5. The lowest BCUT2D eigenvalue weighted by atomic mass is 9.81. The van der Waals surface area contributed by atoms with Crippen LogP contribution >= 0.6 is 0 Å². The summed E-state index contributed by atoms with van der Waals surface area (Å²) in [5.41, 5.74) is 0.399. The largest absolute Gasteiger partial charge is 0.491 e. The number of amides is 2. The lowest BCUT2D eigenvalue weighted by Crippen LogP contribution is -2.40. The molecule has 2 aliphatic rings. The third-order valence-electron chi connectivity index (χ3n) is 5.04. The Bertz CT molecular complexity index is 662. The number of benzene rings is 1. The number of hydrogen-bond donors (Lipinski definition) is 1. The molecule has 0 radical (unpaired) electrons. The molecule has 1 aromatic rings. The molecule has 26 heavy (non-hydrogen) atoms. The summed E-state index contributed by atoms with van der Waals surface area (Å²) in [4.78, 5) is 37.4. The number of hydrogen-bond acceptors (Lipinski definition) is 6. The normalized spacial score (nSPS) is 23.5. The van der Waals surface area contributed by atoms with Crippen molar-refractivity contribution >= 4 is 17.8 Å². The van der Waals surface area contributed by atoms with Crippen molar-refractivity contribution in [2.45, 2.75) is 31.8 Å². The van der Waals surface area contributed by atoms with Crippen LogP contribution in [0.1, 0.15) is 36.0 Å². The number of fused-ring (bicyclic) bond motifs is 1. The molecule has 1 aromatic carbocycles. The summed E-state index contributed by atoms with van der Waals surface area (Å²) in [5.74, 6) is -0.721. The van der Waals surface area contributed by atoms with Gasteiger partial charge in [0.15, 0.2) is 0 Å².